The minimum absolute atomic E-state index is 0.980. The van der Waals surface area contributed by atoms with Crippen LogP contribution in [0.1, 0.15) is 24.5 Å². The maximum atomic E-state index is 3.22. The van der Waals surface area contributed by atoms with E-state index in [1.54, 1.807) is 0 Å². The smallest absolute Gasteiger partial charge is 0.0397 e. The van der Waals surface area contributed by atoms with Crippen LogP contribution in [-0.4, -0.2) is 27.2 Å². The lowest BCUT2D eigenvalue weighted by atomic mass is 10.0. The number of fused-ring (bicyclic) bond motifs is 1. The Morgan fingerprint density at radius 1 is 1.47 bits per heavy atom. The summed E-state index contributed by atoms with van der Waals surface area (Å²) < 4.78 is 0. The van der Waals surface area contributed by atoms with Gasteiger partial charge in [0.05, 0.1) is 0 Å². The van der Waals surface area contributed by atoms with Crippen molar-refractivity contribution in [2.75, 3.05) is 32.1 Å². The quantitative estimate of drug-likeness (QED) is 0.855. The molecule has 0 atom stereocenters. The molecule has 1 aliphatic heterocycles. The minimum atomic E-state index is 0.980. The van der Waals surface area contributed by atoms with Crippen LogP contribution in [0.2, 0.25) is 0 Å². The molecule has 0 saturated heterocycles. The second kappa shape index (κ2) is 5.37. The fourth-order valence-electron chi connectivity index (χ4n) is 2.42. The summed E-state index contributed by atoms with van der Waals surface area (Å²) in [5, 5.41) is 3.22. The predicted octanol–water partition coefficient (Wildman–Crippen LogP) is 2.69. The van der Waals surface area contributed by atoms with Crippen LogP contribution in [0.4, 0.5) is 5.69 Å². The molecular weight excluding hydrogens is 208 g/mol. The van der Waals surface area contributed by atoms with E-state index in [0.717, 1.165) is 19.5 Å². The van der Waals surface area contributed by atoms with Crippen molar-refractivity contribution in [3.63, 3.8) is 0 Å². The van der Waals surface area contributed by atoms with Gasteiger partial charge in [-0.15, -0.1) is 0 Å². The third-order valence-electron chi connectivity index (χ3n) is 3.46. The van der Waals surface area contributed by atoms with Gasteiger partial charge in [0.15, 0.2) is 0 Å². The molecule has 0 unspecified atom stereocenters. The Morgan fingerprint density at radius 2 is 2.29 bits per heavy atom. The summed E-state index contributed by atoms with van der Waals surface area (Å²) in [6.45, 7) is 4.34. The Hall–Kier alpha value is -1.28. The summed E-state index contributed by atoms with van der Waals surface area (Å²) in [5.41, 5.74) is 5.68. The molecule has 0 spiro atoms. The van der Waals surface area contributed by atoms with Crippen LogP contribution in [0.25, 0.3) is 6.08 Å². The van der Waals surface area contributed by atoms with Crippen LogP contribution in [0.15, 0.2) is 23.8 Å². The number of nitrogens with one attached hydrogen (secondary N) is 1. The van der Waals surface area contributed by atoms with Gasteiger partial charge >= 0.3 is 0 Å². The molecule has 0 aromatic heterocycles. The average Bonchev–Trinajstić information content (AvgIpc) is 2.70. The van der Waals surface area contributed by atoms with Crippen LogP contribution in [0.3, 0.4) is 0 Å². The molecule has 1 aromatic carbocycles. The first-order chi connectivity index (χ1) is 8.24. The molecule has 0 radical (unpaired) electrons. The number of rotatable bonds is 4. The van der Waals surface area contributed by atoms with Crippen molar-refractivity contribution in [1.82, 2.24) is 5.32 Å². The molecule has 0 amide bonds. The van der Waals surface area contributed by atoms with Gasteiger partial charge in [0.25, 0.3) is 0 Å². The van der Waals surface area contributed by atoms with Crippen LogP contribution >= 0.6 is 0 Å². The molecule has 1 aliphatic rings. The van der Waals surface area contributed by atoms with Gasteiger partial charge < -0.3 is 10.2 Å². The Balaban J connectivity index is 2.23. The highest BCUT2D eigenvalue weighted by molar-refractivity contribution is 5.64. The molecule has 2 heteroatoms. The van der Waals surface area contributed by atoms with E-state index in [1.165, 1.54) is 28.8 Å². The second-order valence-electron chi connectivity index (χ2n) is 4.75. The molecule has 0 fully saturated rings. The molecule has 92 valence electrons. The topological polar surface area (TPSA) is 15.3 Å². The average molecular weight is 230 g/mol. The van der Waals surface area contributed by atoms with Gasteiger partial charge in [0.2, 0.25) is 0 Å². The van der Waals surface area contributed by atoms with E-state index < -0.39 is 0 Å². The Labute approximate surface area is 104 Å². The summed E-state index contributed by atoms with van der Waals surface area (Å²) in [6.07, 6.45) is 4.61. The van der Waals surface area contributed by atoms with E-state index in [0.29, 0.717) is 0 Å². The zero-order chi connectivity index (χ0) is 12.3. The number of hydrogen-bond donors (Lipinski definition) is 1. The number of nitrogens with zero attached hydrogens (tertiary/aromatic N) is 1. The van der Waals surface area contributed by atoms with E-state index in [-0.39, 0.29) is 0 Å². The third kappa shape index (κ3) is 2.70. The minimum Gasteiger partial charge on any atom is -0.374 e. The Bertz CT molecular complexity index is 421. The van der Waals surface area contributed by atoms with E-state index in [2.05, 4.69) is 48.5 Å². The van der Waals surface area contributed by atoms with Crippen molar-refractivity contribution >= 4 is 11.8 Å². The van der Waals surface area contributed by atoms with E-state index >= 15 is 0 Å². The molecule has 2 nitrogen and oxygen atoms in total. The highest BCUT2D eigenvalue weighted by Gasteiger charge is 2.14. The van der Waals surface area contributed by atoms with E-state index in [4.69, 9.17) is 0 Å². The van der Waals surface area contributed by atoms with E-state index in [1.807, 2.05) is 7.05 Å². The molecule has 2 rings (SSSR count). The number of benzene rings is 1. The maximum Gasteiger partial charge on any atom is 0.0397 e. The van der Waals surface area contributed by atoms with Gasteiger partial charge in [0, 0.05) is 25.8 Å². The largest absolute Gasteiger partial charge is 0.374 e. The predicted molar refractivity (Wildman–Crippen MR) is 75.6 cm³/mol. The van der Waals surface area contributed by atoms with Crippen molar-refractivity contribution in [3.8, 4) is 0 Å². The fraction of sp³-hybridized carbons (Fsp3) is 0.467. The highest BCUT2D eigenvalue weighted by Crippen LogP contribution is 2.28. The molecule has 0 bridgehead atoms. The summed E-state index contributed by atoms with van der Waals surface area (Å²) in [6, 6.07) is 6.82. The third-order valence-corrected chi connectivity index (χ3v) is 3.46. The Morgan fingerprint density at radius 3 is 3.00 bits per heavy atom. The van der Waals surface area contributed by atoms with Gasteiger partial charge in [-0.1, -0.05) is 24.6 Å². The summed E-state index contributed by atoms with van der Waals surface area (Å²) in [4.78, 5) is 2.33. The Kier molecular flexibility index (Phi) is 3.85. The van der Waals surface area contributed by atoms with Gasteiger partial charge in [-0.25, -0.2) is 0 Å². The van der Waals surface area contributed by atoms with Crippen molar-refractivity contribution in [2.45, 2.75) is 19.8 Å². The van der Waals surface area contributed by atoms with Crippen molar-refractivity contribution in [1.29, 1.82) is 0 Å². The standard InChI is InChI=1S/C15H22N2/c1-4-12(11-16-2)9-13-5-6-15-14(10-13)7-8-17(15)3/h5-6,9-10,16H,4,7-8,11H2,1-3H3. The van der Waals surface area contributed by atoms with Crippen molar-refractivity contribution < 1.29 is 0 Å². The number of anilines is 1. The molecule has 1 heterocycles. The summed E-state index contributed by atoms with van der Waals surface area (Å²) in [7, 11) is 4.17. The first kappa shape index (κ1) is 12.2. The van der Waals surface area contributed by atoms with E-state index in [9.17, 15) is 0 Å². The van der Waals surface area contributed by atoms with Gasteiger partial charge in [-0.3, -0.25) is 0 Å². The van der Waals surface area contributed by atoms with Crippen molar-refractivity contribution in [3.05, 3.63) is 34.9 Å². The summed E-state index contributed by atoms with van der Waals surface area (Å²) in [5.74, 6) is 0. The molecule has 1 aromatic rings. The molecular formula is C15H22N2. The SMILES string of the molecule is CCC(=Cc1ccc2c(c1)CCN2C)CNC. The van der Waals surface area contributed by atoms with Gasteiger partial charge in [-0.05, 0) is 43.1 Å². The second-order valence-corrected chi connectivity index (χ2v) is 4.75. The fourth-order valence-corrected chi connectivity index (χ4v) is 2.42. The first-order valence-corrected chi connectivity index (χ1v) is 6.42. The number of hydrogen-bond acceptors (Lipinski definition) is 2. The van der Waals surface area contributed by atoms with Crippen molar-refractivity contribution in [2.24, 2.45) is 0 Å². The molecule has 1 N–H and O–H groups in total. The first-order valence-electron chi connectivity index (χ1n) is 6.42. The van der Waals surface area contributed by atoms with Crippen LogP contribution < -0.4 is 10.2 Å². The lowest BCUT2D eigenvalue weighted by Crippen LogP contribution is -2.12. The normalized spacial score (nSPS) is 15.2. The van der Waals surface area contributed by atoms with Crippen LogP contribution in [0.5, 0.6) is 0 Å². The van der Waals surface area contributed by atoms with Crippen LogP contribution in [-0.2, 0) is 6.42 Å². The maximum absolute atomic E-state index is 3.22. The van der Waals surface area contributed by atoms with Gasteiger partial charge in [-0.2, -0.15) is 0 Å². The lowest BCUT2D eigenvalue weighted by Gasteiger charge is -2.11. The monoisotopic (exact) mass is 230 g/mol. The highest BCUT2D eigenvalue weighted by atomic mass is 15.1. The number of likely N-dealkylation sites (N-methyl/N-ethyl adjacent to an activating group) is 2. The lowest BCUT2D eigenvalue weighted by molar-refractivity contribution is 0.851. The summed E-state index contributed by atoms with van der Waals surface area (Å²) >= 11 is 0. The molecule has 17 heavy (non-hydrogen) atoms. The molecule has 0 saturated carbocycles. The zero-order valence-corrected chi connectivity index (χ0v) is 11.1. The molecule has 0 aliphatic carbocycles. The van der Waals surface area contributed by atoms with Gasteiger partial charge in [0.1, 0.15) is 0 Å². The zero-order valence-electron chi connectivity index (χ0n) is 11.1. The van der Waals surface area contributed by atoms with Crippen LogP contribution in [0, 0.1) is 0 Å².